The van der Waals surface area contributed by atoms with Gasteiger partial charge in [0.15, 0.2) is 5.78 Å². The van der Waals surface area contributed by atoms with Gasteiger partial charge in [0.2, 0.25) is 0 Å². The van der Waals surface area contributed by atoms with Crippen LogP contribution in [-0.2, 0) is 17.6 Å². The molecule has 0 aliphatic rings. The topological polar surface area (TPSA) is 82.0 Å². The number of amides is 1. The molecule has 5 heteroatoms. The van der Waals surface area contributed by atoms with Crippen molar-refractivity contribution in [2.75, 3.05) is 10.6 Å². The maximum atomic E-state index is 12.6. The first-order chi connectivity index (χ1) is 13.0. The number of benzene rings is 2. The van der Waals surface area contributed by atoms with Gasteiger partial charge in [-0.15, -0.1) is 0 Å². The Labute approximate surface area is 159 Å². The zero-order valence-electron chi connectivity index (χ0n) is 15.8. The Kier molecular flexibility index (Phi) is 6.90. The van der Waals surface area contributed by atoms with Crippen molar-refractivity contribution in [1.29, 1.82) is 5.26 Å². The third-order valence-electron chi connectivity index (χ3n) is 4.28. The van der Waals surface area contributed by atoms with Crippen LogP contribution in [0.2, 0.25) is 0 Å². The third kappa shape index (κ3) is 5.05. The summed E-state index contributed by atoms with van der Waals surface area (Å²) in [6.07, 6.45) is 2.95. The van der Waals surface area contributed by atoms with Crippen molar-refractivity contribution in [3.63, 3.8) is 0 Å². The van der Waals surface area contributed by atoms with Gasteiger partial charge >= 0.3 is 0 Å². The first kappa shape index (κ1) is 19.9. The molecule has 1 amide bonds. The van der Waals surface area contributed by atoms with E-state index in [-0.39, 0.29) is 11.4 Å². The molecule has 0 bridgehead atoms. The van der Waals surface area contributed by atoms with Gasteiger partial charge in [-0.1, -0.05) is 32.0 Å². The number of para-hydroxylation sites is 1. The number of Topliss-reactive ketones (excluding diaryl/α,β-unsaturated/α-hetero) is 1. The van der Waals surface area contributed by atoms with Crippen molar-refractivity contribution in [2.45, 2.75) is 33.6 Å². The molecule has 0 radical (unpaired) electrons. The van der Waals surface area contributed by atoms with Crippen molar-refractivity contribution in [3.8, 4) is 6.07 Å². The van der Waals surface area contributed by atoms with Gasteiger partial charge in [0, 0.05) is 23.1 Å². The maximum Gasteiger partial charge on any atom is 0.267 e. The minimum Gasteiger partial charge on any atom is -0.360 e. The van der Waals surface area contributed by atoms with Gasteiger partial charge in [0.1, 0.15) is 11.6 Å². The lowest BCUT2D eigenvalue weighted by atomic mass is 10.0. The van der Waals surface area contributed by atoms with Gasteiger partial charge in [0.25, 0.3) is 5.91 Å². The molecular formula is C22H23N3O2. The van der Waals surface area contributed by atoms with Crippen molar-refractivity contribution < 1.29 is 9.59 Å². The molecule has 0 aromatic heterocycles. The molecule has 138 valence electrons. The lowest BCUT2D eigenvalue weighted by Gasteiger charge is -2.14. The number of nitrogens with zero attached hydrogens (tertiary/aromatic N) is 1. The summed E-state index contributed by atoms with van der Waals surface area (Å²) in [6.45, 7) is 5.55. The number of rotatable bonds is 7. The summed E-state index contributed by atoms with van der Waals surface area (Å²) >= 11 is 0. The fraction of sp³-hybridized carbons (Fsp3) is 0.227. The molecule has 0 saturated carbocycles. The zero-order valence-corrected chi connectivity index (χ0v) is 15.8. The standard InChI is InChI=1S/C22H23N3O2/c1-4-16-7-6-8-17(5-2)21(16)25-22(27)19(13-23)14-24-20-11-9-18(10-12-20)15(3)26/h6-12,14,24H,4-5H2,1-3H3,(H,25,27)/b19-14-. The number of carbonyl (C=O) groups is 2. The summed E-state index contributed by atoms with van der Waals surface area (Å²) in [4.78, 5) is 23.9. The van der Waals surface area contributed by atoms with E-state index in [1.54, 1.807) is 24.3 Å². The number of hydrogen-bond donors (Lipinski definition) is 2. The average molecular weight is 361 g/mol. The van der Waals surface area contributed by atoms with E-state index in [9.17, 15) is 14.9 Å². The molecule has 0 spiro atoms. The first-order valence-electron chi connectivity index (χ1n) is 8.90. The molecule has 0 fully saturated rings. The second-order valence-corrected chi connectivity index (χ2v) is 6.06. The number of carbonyl (C=O) groups excluding carboxylic acids is 2. The Hall–Kier alpha value is -3.39. The molecule has 0 heterocycles. The first-order valence-corrected chi connectivity index (χ1v) is 8.90. The van der Waals surface area contributed by atoms with Crippen LogP contribution in [0.3, 0.4) is 0 Å². The lowest BCUT2D eigenvalue weighted by Crippen LogP contribution is -2.17. The smallest absolute Gasteiger partial charge is 0.267 e. The predicted octanol–water partition coefficient (Wildman–Crippen LogP) is 4.47. The zero-order chi connectivity index (χ0) is 19.8. The number of ketones is 1. The quantitative estimate of drug-likeness (QED) is 0.433. The van der Waals surface area contributed by atoms with Gasteiger partial charge in [-0.3, -0.25) is 9.59 Å². The summed E-state index contributed by atoms with van der Waals surface area (Å²) in [5.41, 5.74) is 4.11. The van der Waals surface area contributed by atoms with Crippen LogP contribution in [0.5, 0.6) is 0 Å². The summed E-state index contributed by atoms with van der Waals surface area (Å²) in [6, 6.07) is 14.7. The highest BCUT2D eigenvalue weighted by Gasteiger charge is 2.14. The van der Waals surface area contributed by atoms with Crippen LogP contribution in [0, 0.1) is 11.3 Å². The van der Waals surface area contributed by atoms with E-state index in [0.29, 0.717) is 11.3 Å². The van der Waals surface area contributed by atoms with E-state index in [4.69, 9.17) is 0 Å². The molecule has 0 atom stereocenters. The van der Waals surface area contributed by atoms with Gasteiger partial charge < -0.3 is 10.6 Å². The number of nitriles is 1. The Bertz CT molecular complexity index is 884. The van der Waals surface area contributed by atoms with Crippen LogP contribution in [0.4, 0.5) is 11.4 Å². The van der Waals surface area contributed by atoms with Crippen LogP contribution in [0.1, 0.15) is 42.3 Å². The van der Waals surface area contributed by atoms with Crippen molar-refractivity contribution >= 4 is 23.1 Å². The monoisotopic (exact) mass is 361 g/mol. The lowest BCUT2D eigenvalue weighted by molar-refractivity contribution is -0.112. The highest BCUT2D eigenvalue weighted by Crippen LogP contribution is 2.23. The molecule has 0 unspecified atom stereocenters. The molecule has 2 aromatic carbocycles. The Balaban J connectivity index is 2.18. The minimum atomic E-state index is -0.457. The second kappa shape index (κ2) is 9.35. The number of anilines is 2. The van der Waals surface area contributed by atoms with E-state index in [1.807, 2.05) is 38.1 Å². The normalized spacial score (nSPS) is 10.8. The largest absolute Gasteiger partial charge is 0.360 e. The Morgan fingerprint density at radius 3 is 2.11 bits per heavy atom. The van der Waals surface area contributed by atoms with Crippen molar-refractivity contribution in [2.24, 2.45) is 0 Å². The molecule has 2 N–H and O–H groups in total. The number of aryl methyl sites for hydroxylation is 2. The molecule has 27 heavy (non-hydrogen) atoms. The molecule has 2 rings (SSSR count). The second-order valence-electron chi connectivity index (χ2n) is 6.06. The van der Waals surface area contributed by atoms with Crippen LogP contribution in [0.25, 0.3) is 0 Å². The van der Waals surface area contributed by atoms with Crippen molar-refractivity contribution in [1.82, 2.24) is 0 Å². The third-order valence-corrected chi connectivity index (χ3v) is 4.28. The average Bonchev–Trinajstić information content (AvgIpc) is 2.68. The Morgan fingerprint density at radius 2 is 1.63 bits per heavy atom. The SMILES string of the molecule is CCc1cccc(CC)c1NC(=O)/C(C#N)=C\Nc1ccc(C(C)=O)cc1. The van der Waals surface area contributed by atoms with E-state index in [1.165, 1.54) is 13.1 Å². The molecule has 5 nitrogen and oxygen atoms in total. The summed E-state index contributed by atoms with van der Waals surface area (Å²) < 4.78 is 0. The highest BCUT2D eigenvalue weighted by molar-refractivity contribution is 6.07. The van der Waals surface area contributed by atoms with E-state index in [0.717, 1.165) is 29.7 Å². The molecule has 0 aliphatic carbocycles. The predicted molar refractivity (Wildman–Crippen MR) is 108 cm³/mol. The van der Waals surface area contributed by atoms with Gasteiger partial charge in [-0.25, -0.2) is 0 Å². The van der Waals surface area contributed by atoms with Gasteiger partial charge in [0.05, 0.1) is 0 Å². The highest BCUT2D eigenvalue weighted by atomic mass is 16.1. The Morgan fingerprint density at radius 1 is 1.04 bits per heavy atom. The fourth-order valence-corrected chi connectivity index (χ4v) is 2.69. The van der Waals surface area contributed by atoms with Crippen LogP contribution in [-0.4, -0.2) is 11.7 Å². The van der Waals surface area contributed by atoms with Crippen LogP contribution >= 0.6 is 0 Å². The fourth-order valence-electron chi connectivity index (χ4n) is 2.69. The number of nitrogens with one attached hydrogen (secondary N) is 2. The van der Waals surface area contributed by atoms with E-state index >= 15 is 0 Å². The van der Waals surface area contributed by atoms with Gasteiger partial charge in [-0.05, 0) is 55.2 Å². The maximum absolute atomic E-state index is 12.6. The number of hydrogen-bond acceptors (Lipinski definition) is 4. The van der Waals surface area contributed by atoms with Crippen LogP contribution < -0.4 is 10.6 Å². The molecule has 2 aromatic rings. The van der Waals surface area contributed by atoms with E-state index in [2.05, 4.69) is 10.6 Å². The van der Waals surface area contributed by atoms with Crippen molar-refractivity contribution in [3.05, 3.63) is 70.9 Å². The molecule has 0 saturated heterocycles. The summed E-state index contributed by atoms with van der Waals surface area (Å²) in [7, 11) is 0. The molecular weight excluding hydrogens is 338 g/mol. The van der Waals surface area contributed by atoms with E-state index < -0.39 is 5.91 Å². The summed E-state index contributed by atoms with van der Waals surface area (Å²) in [5.74, 6) is -0.476. The summed E-state index contributed by atoms with van der Waals surface area (Å²) in [5, 5.41) is 15.2. The van der Waals surface area contributed by atoms with Crippen LogP contribution in [0.15, 0.2) is 54.2 Å². The minimum absolute atomic E-state index is 0.0181. The van der Waals surface area contributed by atoms with Gasteiger partial charge in [-0.2, -0.15) is 5.26 Å². The molecule has 0 aliphatic heterocycles.